The van der Waals surface area contributed by atoms with Crippen molar-refractivity contribution in [2.45, 2.75) is 0 Å². The fourth-order valence-corrected chi connectivity index (χ4v) is 1.34. The zero-order valence-electron chi connectivity index (χ0n) is 6.90. The Morgan fingerprint density at radius 1 is 1.00 bits per heavy atom. The van der Waals surface area contributed by atoms with Crippen molar-refractivity contribution in [3.05, 3.63) is 48.0 Å². The van der Waals surface area contributed by atoms with Gasteiger partial charge < -0.3 is 5.11 Å². The predicted molar refractivity (Wildman–Crippen MR) is 50.0 cm³/mol. The molecule has 0 fully saturated rings. The highest BCUT2D eigenvalue weighted by atomic mass is 16.4. The summed E-state index contributed by atoms with van der Waals surface area (Å²) in [4.78, 5) is 10.6. The molecule has 0 aliphatic heterocycles. The maximum Gasteiger partial charge on any atom is 0.335 e. The van der Waals surface area contributed by atoms with Crippen molar-refractivity contribution < 1.29 is 9.90 Å². The van der Waals surface area contributed by atoms with E-state index in [4.69, 9.17) is 5.11 Å². The van der Waals surface area contributed by atoms with Crippen LogP contribution in [-0.4, -0.2) is 11.1 Å². The standard InChI is InChI=1S/C11H8O2/c12-11(13)10-6-8-4-2-1-3-5-9(8)7-10/h1-7H,(H,12,13). The van der Waals surface area contributed by atoms with Crippen molar-refractivity contribution in [3.63, 3.8) is 0 Å². The lowest BCUT2D eigenvalue weighted by Gasteiger charge is -1.85. The van der Waals surface area contributed by atoms with Crippen LogP contribution in [0.1, 0.15) is 10.4 Å². The van der Waals surface area contributed by atoms with Crippen molar-refractivity contribution in [1.29, 1.82) is 0 Å². The number of carbonyl (C=O) groups is 1. The summed E-state index contributed by atoms with van der Waals surface area (Å²) in [5.74, 6) is -0.876. The number of rotatable bonds is 1. The fourth-order valence-electron chi connectivity index (χ4n) is 1.34. The van der Waals surface area contributed by atoms with Crippen molar-refractivity contribution in [3.8, 4) is 11.1 Å². The summed E-state index contributed by atoms with van der Waals surface area (Å²) in [5, 5.41) is 8.75. The van der Waals surface area contributed by atoms with Crippen molar-refractivity contribution in [2.24, 2.45) is 0 Å². The Morgan fingerprint density at radius 3 is 2.00 bits per heavy atom. The first-order valence-electron chi connectivity index (χ1n) is 3.99. The van der Waals surface area contributed by atoms with E-state index in [1.54, 1.807) is 12.1 Å². The molecule has 0 atom stereocenters. The number of hydrogen-bond donors (Lipinski definition) is 1. The summed E-state index contributed by atoms with van der Waals surface area (Å²) in [6.45, 7) is 0. The molecule has 0 saturated heterocycles. The molecule has 0 aromatic heterocycles. The van der Waals surface area contributed by atoms with Gasteiger partial charge in [0.2, 0.25) is 0 Å². The van der Waals surface area contributed by atoms with E-state index in [-0.39, 0.29) is 0 Å². The monoisotopic (exact) mass is 172 g/mol. The second-order valence-electron chi connectivity index (χ2n) is 2.87. The fraction of sp³-hybridized carbons (Fsp3) is 0. The average Bonchev–Trinajstić information content (AvgIpc) is 2.38. The summed E-state index contributed by atoms with van der Waals surface area (Å²) in [5.41, 5.74) is 2.27. The molecular weight excluding hydrogens is 164 g/mol. The Bertz CT molecular complexity index is 390. The maximum atomic E-state index is 10.6. The van der Waals surface area contributed by atoms with Crippen molar-refractivity contribution >= 4 is 5.97 Å². The molecule has 0 saturated carbocycles. The van der Waals surface area contributed by atoms with Gasteiger partial charge in [-0.2, -0.15) is 0 Å². The van der Waals surface area contributed by atoms with Gasteiger partial charge in [-0.25, -0.2) is 4.79 Å². The van der Waals surface area contributed by atoms with Gasteiger partial charge in [0.1, 0.15) is 0 Å². The van der Waals surface area contributed by atoms with Gasteiger partial charge in [-0.15, -0.1) is 0 Å². The van der Waals surface area contributed by atoms with E-state index in [1.165, 1.54) is 0 Å². The first kappa shape index (κ1) is 7.80. The van der Waals surface area contributed by atoms with Crippen LogP contribution in [0.3, 0.4) is 0 Å². The van der Waals surface area contributed by atoms with Gasteiger partial charge >= 0.3 is 5.97 Å². The SMILES string of the molecule is O=C(O)c1cc2cccccc-2c1. The Hall–Kier alpha value is -1.83. The Labute approximate surface area is 75.8 Å². The molecule has 0 aromatic carbocycles. The minimum absolute atomic E-state index is 0.348. The van der Waals surface area contributed by atoms with Gasteiger partial charge in [0.15, 0.2) is 0 Å². The molecule has 13 heavy (non-hydrogen) atoms. The zero-order valence-corrected chi connectivity index (χ0v) is 6.90. The number of carboxylic acids is 1. The molecule has 2 aliphatic carbocycles. The van der Waals surface area contributed by atoms with Crippen LogP contribution in [0.5, 0.6) is 0 Å². The molecule has 0 radical (unpaired) electrons. The molecule has 1 N–H and O–H groups in total. The molecule has 2 nitrogen and oxygen atoms in total. The van der Waals surface area contributed by atoms with Gasteiger partial charge in [-0.05, 0) is 23.3 Å². The second-order valence-corrected chi connectivity index (χ2v) is 2.87. The first-order chi connectivity index (χ1) is 6.27. The van der Waals surface area contributed by atoms with Gasteiger partial charge in [0.25, 0.3) is 0 Å². The van der Waals surface area contributed by atoms with Crippen LogP contribution in [0.25, 0.3) is 11.1 Å². The number of carboxylic acid groups (broad SMARTS) is 1. The molecule has 0 amide bonds. The lowest BCUT2D eigenvalue weighted by molar-refractivity contribution is 0.0697. The lowest BCUT2D eigenvalue weighted by Crippen LogP contribution is -1.91. The van der Waals surface area contributed by atoms with Crippen LogP contribution in [0.15, 0.2) is 42.5 Å². The third-order valence-corrected chi connectivity index (χ3v) is 1.98. The highest BCUT2D eigenvalue weighted by molar-refractivity contribution is 5.92. The number of hydrogen-bond acceptors (Lipinski definition) is 1. The van der Waals surface area contributed by atoms with Gasteiger partial charge in [-0.3, -0.25) is 0 Å². The Balaban J connectivity index is 2.64. The lowest BCUT2D eigenvalue weighted by atomic mass is 10.2. The van der Waals surface area contributed by atoms with E-state index in [0.717, 1.165) is 11.1 Å². The minimum Gasteiger partial charge on any atom is -0.478 e. The third kappa shape index (κ3) is 1.38. The van der Waals surface area contributed by atoms with E-state index in [1.807, 2.05) is 30.3 Å². The van der Waals surface area contributed by atoms with Crippen molar-refractivity contribution in [1.82, 2.24) is 0 Å². The van der Waals surface area contributed by atoms with E-state index >= 15 is 0 Å². The topological polar surface area (TPSA) is 37.3 Å². The molecule has 2 aliphatic rings. The molecule has 0 unspecified atom stereocenters. The largest absolute Gasteiger partial charge is 0.478 e. The number of fused-ring (bicyclic) bond motifs is 1. The summed E-state index contributed by atoms with van der Waals surface area (Å²) < 4.78 is 0. The quantitative estimate of drug-likeness (QED) is 0.717. The molecule has 0 heterocycles. The van der Waals surface area contributed by atoms with Gasteiger partial charge in [0, 0.05) is 0 Å². The van der Waals surface area contributed by atoms with Crippen LogP contribution < -0.4 is 0 Å². The summed E-state index contributed by atoms with van der Waals surface area (Å²) in [7, 11) is 0. The number of aromatic carboxylic acids is 1. The van der Waals surface area contributed by atoms with Crippen LogP contribution in [0, 0.1) is 0 Å². The Kier molecular flexibility index (Phi) is 1.74. The van der Waals surface area contributed by atoms with Crippen LogP contribution >= 0.6 is 0 Å². The molecule has 2 heteroatoms. The van der Waals surface area contributed by atoms with Gasteiger partial charge in [0.05, 0.1) is 5.56 Å². The van der Waals surface area contributed by atoms with Crippen LogP contribution in [0.2, 0.25) is 0 Å². The minimum atomic E-state index is -0.876. The summed E-state index contributed by atoms with van der Waals surface area (Å²) >= 11 is 0. The zero-order chi connectivity index (χ0) is 9.26. The molecule has 0 spiro atoms. The van der Waals surface area contributed by atoms with Crippen LogP contribution in [0.4, 0.5) is 0 Å². The third-order valence-electron chi connectivity index (χ3n) is 1.98. The van der Waals surface area contributed by atoms with Crippen molar-refractivity contribution in [2.75, 3.05) is 0 Å². The summed E-state index contributed by atoms with van der Waals surface area (Å²) in [6, 6.07) is 12.9. The molecule has 0 bridgehead atoms. The Morgan fingerprint density at radius 2 is 1.54 bits per heavy atom. The average molecular weight is 172 g/mol. The van der Waals surface area contributed by atoms with E-state index in [9.17, 15) is 4.79 Å². The highest BCUT2D eigenvalue weighted by Crippen LogP contribution is 2.24. The normalized spacial score (nSPS) is 10.2. The predicted octanol–water partition coefficient (Wildman–Crippen LogP) is 2.49. The van der Waals surface area contributed by atoms with Gasteiger partial charge in [-0.1, -0.05) is 30.3 Å². The highest BCUT2D eigenvalue weighted by Gasteiger charge is 2.09. The van der Waals surface area contributed by atoms with Crippen LogP contribution in [-0.2, 0) is 0 Å². The van der Waals surface area contributed by atoms with E-state index in [2.05, 4.69) is 0 Å². The molecule has 64 valence electrons. The maximum absolute atomic E-state index is 10.6. The second kappa shape index (κ2) is 2.90. The first-order valence-corrected chi connectivity index (χ1v) is 3.99. The molecule has 2 rings (SSSR count). The van der Waals surface area contributed by atoms with E-state index < -0.39 is 5.97 Å². The molecular formula is C11H8O2. The smallest absolute Gasteiger partial charge is 0.335 e. The van der Waals surface area contributed by atoms with E-state index in [0.29, 0.717) is 5.56 Å². The molecule has 0 aromatic rings. The summed E-state index contributed by atoms with van der Waals surface area (Å²) in [6.07, 6.45) is 0.